The molecule has 0 aromatic carbocycles. The van der Waals surface area contributed by atoms with E-state index in [0.29, 0.717) is 19.4 Å². The summed E-state index contributed by atoms with van der Waals surface area (Å²) in [5, 5.41) is 16.9. The molecular weight excluding hydrogens is 572 g/mol. The summed E-state index contributed by atoms with van der Waals surface area (Å²) in [4.78, 5) is 40.4. The topological polar surface area (TPSA) is 143 Å². The number of cyclic esters (lactones) is 1. The molecule has 0 spiro atoms. The van der Waals surface area contributed by atoms with Crippen molar-refractivity contribution >= 4 is 31.2 Å². The molecule has 1 rings (SSSR count). The maximum Gasteiger partial charge on any atom is 0.328 e. The number of ether oxygens (including phenoxy) is 1. The molecule has 0 aromatic rings. The van der Waals surface area contributed by atoms with Crippen LogP contribution in [-0.4, -0.2) is 40.8 Å². The summed E-state index contributed by atoms with van der Waals surface area (Å²) < 4.78 is 4.75. The van der Waals surface area contributed by atoms with Gasteiger partial charge in [0.1, 0.15) is 11.8 Å². The number of carbonyl (C=O) groups excluding carboxylic acids is 3. The lowest BCUT2D eigenvalue weighted by Crippen LogP contribution is -2.38. The van der Waals surface area contributed by atoms with Gasteiger partial charge in [-0.1, -0.05) is 57.3 Å². The number of amides is 1. The summed E-state index contributed by atoms with van der Waals surface area (Å²) in [6, 6.07) is -0.566. The maximum atomic E-state index is 11.7. The van der Waals surface area contributed by atoms with Gasteiger partial charge in [0.15, 0.2) is 0 Å². The van der Waals surface area contributed by atoms with Crippen molar-refractivity contribution in [1.29, 1.82) is 0 Å². The Kier molecular flexibility index (Phi) is 35.8. The molecular formula is C32H58N2O8S. The van der Waals surface area contributed by atoms with Crippen molar-refractivity contribution in [2.75, 3.05) is 6.61 Å². The van der Waals surface area contributed by atoms with E-state index in [-0.39, 0.29) is 45.9 Å². The van der Waals surface area contributed by atoms with Crippen LogP contribution in [0.3, 0.4) is 0 Å². The van der Waals surface area contributed by atoms with Crippen molar-refractivity contribution in [3.05, 3.63) is 0 Å². The molecule has 0 radical (unpaired) electrons. The standard InChI is InChI=1S/C16H27NO4.C16H6.H3NO4.H2S.10H2/c1-2-3-4-5-6-7-8-9-13(18)12-15(19)17-14-10-11-21-16(14)20;1-3-5-7-9-11-13-15-16-14-12-10-8-6-4-2;2-4-1-5-3;;;;;;;;;;;/h14H,2-12H2,1H3,(H,17,19);1-2H3;1-3H;1H2;10*1H/t14-;;;;;;;;;;;;;/m0............./s1. The molecule has 1 amide bonds. The first-order valence-corrected chi connectivity index (χ1v) is 13.1. The molecule has 1 saturated heterocycles. The van der Waals surface area contributed by atoms with Gasteiger partial charge in [-0.05, 0) is 97.0 Å². The second kappa shape index (κ2) is 35.7. The maximum absolute atomic E-state index is 11.7. The van der Waals surface area contributed by atoms with E-state index >= 15 is 0 Å². The second-order valence-electron chi connectivity index (χ2n) is 7.93. The Labute approximate surface area is 276 Å². The Bertz CT molecular complexity index is 1240. The van der Waals surface area contributed by atoms with Crippen LogP contribution in [0.15, 0.2) is 0 Å². The molecule has 10 nitrogen and oxygen atoms in total. The van der Waals surface area contributed by atoms with Gasteiger partial charge in [0.2, 0.25) is 5.91 Å². The van der Waals surface area contributed by atoms with Gasteiger partial charge in [-0.3, -0.25) is 9.59 Å². The van der Waals surface area contributed by atoms with Gasteiger partial charge in [0.05, 0.1) is 13.0 Å². The van der Waals surface area contributed by atoms with Crippen LogP contribution >= 0.6 is 13.5 Å². The number of Topliss-reactive ketones (excluding diaryl/α,β-unsaturated/α-hetero) is 1. The highest BCUT2D eigenvalue weighted by Gasteiger charge is 2.28. The van der Waals surface area contributed by atoms with Crippen LogP contribution in [0.5, 0.6) is 0 Å². The van der Waals surface area contributed by atoms with E-state index in [2.05, 4.69) is 105 Å². The number of hydrogen-bond acceptors (Lipinski definition) is 9. The number of unbranched alkanes of at least 4 members (excludes halogenated alkanes) is 6. The molecule has 1 aliphatic rings. The first-order chi connectivity index (χ1) is 20.5. The predicted molar refractivity (Wildman–Crippen MR) is 188 cm³/mol. The van der Waals surface area contributed by atoms with Gasteiger partial charge in [0, 0.05) is 27.1 Å². The monoisotopic (exact) mass is 630 g/mol. The molecule has 0 unspecified atom stereocenters. The van der Waals surface area contributed by atoms with E-state index in [9.17, 15) is 14.4 Å². The molecule has 11 heteroatoms. The van der Waals surface area contributed by atoms with Crippen LogP contribution in [0, 0.1) is 82.9 Å². The SMILES string of the molecule is CC#CC#CC#CC#CC#CC#CC#CC.CCCCCCCCCC(=O)CC(=O)N[C@H]1CCOC1=O.OONOO.S.[HH].[HH].[HH].[HH].[HH].[HH].[HH].[HH].[HH].[HH]. The van der Waals surface area contributed by atoms with E-state index in [1.54, 1.807) is 13.8 Å². The van der Waals surface area contributed by atoms with Gasteiger partial charge >= 0.3 is 5.97 Å². The molecule has 250 valence electrons. The van der Waals surface area contributed by atoms with Gasteiger partial charge in [-0.15, -0.1) is 9.98 Å². The highest BCUT2D eigenvalue weighted by molar-refractivity contribution is 7.59. The lowest BCUT2D eigenvalue weighted by Gasteiger charge is -2.08. The first-order valence-electron chi connectivity index (χ1n) is 13.1. The molecule has 4 N–H and O–H groups in total. The first kappa shape index (κ1) is 43.1. The van der Waals surface area contributed by atoms with Crippen LogP contribution in [0.25, 0.3) is 0 Å². The molecule has 1 fully saturated rings. The van der Waals surface area contributed by atoms with E-state index < -0.39 is 12.0 Å². The number of hydrogen-bond donors (Lipinski definition) is 4. The highest BCUT2D eigenvalue weighted by atomic mass is 32.1. The van der Waals surface area contributed by atoms with Gasteiger partial charge < -0.3 is 10.1 Å². The van der Waals surface area contributed by atoms with Crippen molar-refractivity contribution in [1.82, 2.24) is 11.0 Å². The second-order valence-corrected chi connectivity index (χ2v) is 7.93. The minimum absolute atomic E-state index is 0. The number of esters is 1. The van der Waals surface area contributed by atoms with Crippen LogP contribution in [0.4, 0.5) is 0 Å². The zero-order valence-corrected chi connectivity index (χ0v) is 25.7. The summed E-state index contributed by atoms with van der Waals surface area (Å²) in [6.07, 6.45) is 8.90. The summed E-state index contributed by atoms with van der Waals surface area (Å²) in [7, 11) is 0. The summed E-state index contributed by atoms with van der Waals surface area (Å²) in [5.41, 5.74) is 1.22. The lowest BCUT2D eigenvalue weighted by molar-refractivity contribution is -0.456. The van der Waals surface area contributed by atoms with E-state index in [0.717, 1.165) is 19.3 Å². The Morgan fingerprint density at radius 2 is 1.26 bits per heavy atom. The fraction of sp³-hybridized carbons (Fsp3) is 0.469. The zero-order chi connectivity index (χ0) is 31.5. The fourth-order valence-electron chi connectivity index (χ4n) is 2.87. The molecule has 0 aromatic heterocycles. The zero-order valence-electron chi connectivity index (χ0n) is 24.7. The number of ketones is 1. The van der Waals surface area contributed by atoms with Crippen molar-refractivity contribution in [2.45, 2.75) is 91.0 Å². The molecule has 0 saturated carbocycles. The summed E-state index contributed by atoms with van der Waals surface area (Å²) >= 11 is 0. The number of rotatable bonds is 13. The average Bonchev–Trinajstić information content (AvgIpc) is 3.38. The smallest absolute Gasteiger partial charge is 0.328 e. The molecule has 43 heavy (non-hydrogen) atoms. The van der Waals surface area contributed by atoms with Crippen molar-refractivity contribution in [2.24, 2.45) is 0 Å². The Morgan fingerprint density at radius 3 is 1.63 bits per heavy atom. The van der Waals surface area contributed by atoms with Crippen LogP contribution in [0.2, 0.25) is 0 Å². The third-order valence-corrected chi connectivity index (χ3v) is 4.70. The molecule has 1 aliphatic heterocycles. The quantitative estimate of drug-likeness (QED) is 0.0516. The van der Waals surface area contributed by atoms with Crippen molar-refractivity contribution in [3.63, 3.8) is 0 Å². The van der Waals surface area contributed by atoms with E-state index in [4.69, 9.17) is 15.3 Å². The molecule has 1 atom stereocenters. The average molecular weight is 631 g/mol. The lowest BCUT2D eigenvalue weighted by atomic mass is 10.1. The minimum Gasteiger partial charge on any atom is -0.464 e. The van der Waals surface area contributed by atoms with Crippen molar-refractivity contribution in [3.8, 4) is 82.9 Å². The summed E-state index contributed by atoms with van der Waals surface area (Å²) in [6.45, 7) is 5.95. The number of nitrogens with one attached hydrogen (secondary N) is 2. The predicted octanol–water partition coefficient (Wildman–Crippen LogP) is 5.53. The largest absolute Gasteiger partial charge is 0.464 e. The Morgan fingerprint density at radius 1 is 0.814 bits per heavy atom. The Balaban J connectivity index is -0.0000000416. The number of carbonyl (C=O) groups is 3. The highest BCUT2D eigenvalue weighted by Crippen LogP contribution is 2.10. The third kappa shape index (κ3) is 33.8. The van der Waals surface area contributed by atoms with Crippen molar-refractivity contribution < 1.29 is 53.9 Å². The molecule has 1 heterocycles. The van der Waals surface area contributed by atoms with Gasteiger partial charge in [-0.2, -0.15) is 13.5 Å². The minimum atomic E-state index is -0.566. The fourth-order valence-corrected chi connectivity index (χ4v) is 2.87. The van der Waals surface area contributed by atoms with Crippen LogP contribution in [-0.2, 0) is 29.1 Å². The molecule has 0 bridgehead atoms. The van der Waals surface area contributed by atoms with E-state index in [1.165, 1.54) is 31.3 Å². The van der Waals surface area contributed by atoms with Crippen LogP contribution < -0.4 is 11.0 Å². The summed E-state index contributed by atoms with van der Waals surface area (Å²) in [5.74, 6) is 34.8. The third-order valence-electron chi connectivity index (χ3n) is 4.70. The molecule has 0 aliphatic carbocycles. The van der Waals surface area contributed by atoms with E-state index in [1.807, 2.05) is 0 Å². The van der Waals surface area contributed by atoms with Gasteiger partial charge in [-0.25, -0.2) is 15.3 Å². The normalized spacial score (nSPS) is 11.0. The van der Waals surface area contributed by atoms with Gasteiger partial charge in [0.25, 0.3) is 0 Å². The Hall–Kier alpha value is -4.32. The van der Waals surface area contributed by atoms with Crippen LogP contribution in [0.1, 0.15) is 99.2 Å².